The van der Waals surface area contributed by atoms with Gasteiger partial charge in [0.25, 0.3) is 0 Å². The third-order valence-corrected chi connectivity index (χ3v) is 4.36. The van der Waals surface area contributed by atoms with Crippen LogP contribution in [-0.4, -0.2) is 50.7 Å². The fraction of sp³-hybridized carbons (Fsp3) is 0.611. The van der Waals surface area contributed by atoms with Crippen LogP contribution in [0, 0.1) is 5.41 Å². The molecule has 0 bridgehead atoms. The molecular formula is C18H28N2O2. The molecule has 0 spiro atoms. The van der Waals surface area contributed by atoms with Gasteiger partial charge in [0.15, 0.2) is 0 Å². The van der Waals surface area contributed by atoms with Crippen molar-refractivity contribution in [1.29, 1.82) is 0 Å². The van der Waals surface area contributed by atoms with Crippen LogP contribution in [0.4, 0.5) is 5.69 Å². The number of benzene rings is 1. The number of ether oxygens (including phenoxy) is 1. The fourth-order valence-corrected chi connectivity index (χ4v) is 3.12. The third kappa shape index (κ3) is 3.61. The summed E-state index contributed by atoms with van der Waals surface area (Å²) < 4.78 is 5.18. The second-order valence-corrected chi connectivity index (χ2v) is 6.58. The van der Waals surface area contributed by atoms with E-state index in [1.807, 2.05) is 18.7 Å². The Hall–Kier alpha value is -1.55. The van der Waals surface area contributed by atoms with E-state index in [4.69, 9.17) is 4.74 Å². The second kappa shape index (κ2) is 7.14. The highest BCUT2D eigenvalue weighted by Crippen LogP contribution is 2.24. The molecule has 0 N–H and O–H groups in total. The molecule has 0 aromatic heterocycles. The third-order valence-electron chi connectivity index (χ3n) is 4.36. The van der Waals surface area contributed by atoms with Crippen molar-refractivity contribution in [2.24, 2.45) is 5.41 Å². The van der Waals surface area contributed by atoms with Gasteiger partial charge < -0.3 is 14.5 Å². The van der Waals surface area contributed by atoms with E-state index in [1.165, 1.54) is 11.3 Å². The summed E-state index contributed by atoms with van der Waals surface area (Å²) in [7, 11) is 1.65. The molecule has 122 valence electrons. The van der Waals surface area contributed by atoms with Gasteiger partial charge in [0.2, 0.25) is 5.91 Å². The average Bonchev–Trinajstić information content (AvgIpc) is 2.54. The molecule has 0 saturated carbocycles. The van der Waals surface area contributed by atoms with Gasteiger partial charge in [0, 0.05) is 39.0 Å². The van der Waals surface area contributed by atoms with Gasteiger partial charge in [-0.2, -0.15) is 0 Å². The van der Waals surface area contributed by atoms with E-state index in [2.05, 4.69) is 36.1 Å². The molecule has 4 nitrogen and oxygen atoms in total. The molecule has 2 rings (SSSR count). The van der Waals surface area contributed by atoms with Gasteiger partial charge in [0.1, 0.15) is 0 Å². The number of nitrogens with zero attached hydrogens (tertiary/aromatic N) is 2. The van der Waals surface area contributed by atoms with Crippen molar-refractivity contribution < 1.29 is 9.53 Å². The molecule has 1 heterocycles. The van der Waals surface area contributed by atoms with Crippen molar-refractivity contribution >= 4 is 11.6 Å². The highest BCUT2D eigenvalue weighted by Gasteiger charge is 2.33. The maximum Gasteiger partial charge on any atom is 0.230 e. The highest BCUT2D eigenvalue weighted by atomic mass is 16.5. The van der Waals surface area contributed by atoms with Gasteiger partial charge in [-0.05, 0) is 31.9 Å². The highest BCUT2D eigenvalue weighted by molar-refractivity contribution is 5.82. The molecule has 0 radical (unpaired) electrons. The van der Waals surface area contributed by atoms with Gasteiger partial charge >= 0.3 is 0 Å². The largest absolute Gasteiger partial charge is 0.384 e. The standard InChI is InChI=1S/C18H28N2O2/c1-5-15-8-6-7-9-16(15)19-10-12-20(13-11-19)17(21)18(2,3)14-22-4/h6-9H,5,10-14H2,1-4H3. The van der Waals surface area contributed by atoms with Crippen LogP contribution in [0.2, 0.25) is 0 Å². The number of para-hydroxylation sites is 1. The Balaban J connectivity index is 2.00. The minimum atomic E-state index is -0.446. The molecule has 1 amide bonds. The Kier molecular flexibility index (Phi) is 5.46. The summed E-state index contributed by atoms with van der Waals surface area (Å²) in [6.45, 7) is 9.91. The summed E-state index contributed by atoms with van der Waals surface area (Å²) >= 11 is 0. The Morgan fingerprint density at radius 1 is 1.18 bits per heavy atom. The minimum Gasteiger partial charge on any atom is -0.384 e. The van der Waals surface area contributed by atoms with E-state index in [0.717, 1.165) is 32.6 Å². The molecule has 1 aliphatic rings. The van der Waals surface area contributed by atoms with Gasteiger partial charge in [-0.1, -0.05) is 25.1 Å². The van der Waals surface area contributed by atoms with E-state index in [0.29, 0.717) is 6.61 Å². The van der Waals surface area contributed by atoms with Gasteiger partial charge in [-0.15, -0.1) is 0 Å². The summed E-state index contributed by atoms with van der Waals surface area (Å²) in [6, 6.07) is 8.56. The van der Waals surface area contributed by atoms with E-state index in [1.54, 1.807) is 7.11 Å². The summed E-state index contributed by atoms with van der Waals surface area (Å²) in [5.41, 5.74) is 2.24. The van der Waals surface area contributed by atoms with Gasteiger partial charge in [-0.3, -0.25) is 4.79 Å². The van der Waals surface area contributed by atoms with Crippen molar-refractivity contribution in [3.05, 3.63) is 29.8 Å². The summed E-state index contributed by atoms with van der Waals surface area (Å²) in [4.78, 5) is 17.0. The van der Waals surface area contributed by atoms with E-state index in [9.17, 15) is 4.79 Å². The molecule has 1 aromatic rings. The number of piperazine rings is 1. The summed E-state index contributed by atoms with van der Waals surface area (Å²) in [5.74, 6) is 0.192. The van der Waals surface area contributed by atoms with Crippen LogP contribution in [-0.2, 0) is 16.0 Å². The maximum atomic E-state index is 12.6. The SMILES string of the molecule is CCc1ccccc1N1CCN(C(=O)C(C)(C)COC)CC1. The van der Waals surface area contributed by atoms with E-state index < -0.39 is 5.41 Å². The Morgan fingerprint density at radius 2 is 1.82 bits per heavy atom. The van der Waals surface area contributed by atoms with Crippen LogP contribution in [0.25, 0.3) is 0 Å². The second-order valence-electron chi connectivity index (χ2n) is 6.58. The lowest BCUT2D eigenvalue weighted by atomic mass is 9.92. The lowest BCUT2D eigenvalue weighted by Gasteiger charge is -2.40. The molecule has 0 aliphatic carbocycles. The number of rotatable bonds is 5. The molecular weight excluding hydrogens is 276 g/mol. The number of methoxy groups -OCH3 is 1. The number of amides is 1. The monoisotopic (exact) mass is 304 g/mol. The van der Waals surface area contributed by atoms with E-state index >= 15 is 0 Å². The first kappa shape index (κ1) is 16.8. The molecule has 0 atom stereocenters. The molecule has 1 aliphatic heterocycles. The zero-order valence-electron chi connectivity index (χ0n) is 14.3. The first-order chi connectivity index (χ1) is 10.5. The number of carbonyl (C=O) groups is 1. The topological polar surface area (TPSA) is 32.8 Å². The van der Waals surface area contributed by atoms with Crippen LogP contribution in [0.5, 0.6) is 0 Å². The summed E-state index contributed by atoms with van der Waals surface area (Å²) in [6.07, 6.45) is 1.04. The number of aryl methyl sites for hydroxylation is 1. The van der Waals surface area contributed by atoms with Crippen molar-refractivity contribution in [2.75, 3.05) is 44.8 Å². The first-order valence-electron chi connectivity index (χ1n) is 8.10. The van der Waals surface area contributed by atoms with Crippen LogP contribution < -0.4 is 4.90 Å². The predicted octanol–water partition coefficient (Wildman–Crippen LogP) is 2.57. The quantitative estimate of drug-likeness (QED) is 0.838. The lowest BCUT2D eigenvalue weighted by molar-refractivity contribution is -0.143. The molecule has 1 aromatic carbocycles. The average molecular weight is 304 g/mol. The Morgan fingerprint density at radius 3 is 2.41 bits per heavy atom. The molecule has 4 heteroatoms. The van der Waals surface area contributed by atoms with Gasteiger partial charge in [0.05, 0.1) is 12.0 Å². The van der Waals surface area contributed by atoms with Crippen molar-refractivity contribution in [3.8, 4) is 0 Å². The van der Waals surface area contributed by atoms with Crippen molar-refractivity contribution in [1.82, 2.24) is 4.90 Å². The molecule has 22 heavy (non-hydrogen) atoms. The Labute approximate surface area is 134 Å². The van der Waals surface area contributed by atoms with Crippen LogP contribution >= 0.6 is 0 Å². The number of hydrogen-bond donors (Lipinski definition) is 0. The molecule has 1 fully saturated rings. The van der Waals surface area contributed by atoms with Crippen molar-refractivity contribution in [3.63, 3.8) is 0 Å². The number of carbonyl (C=O) groups excluding carboxylic acids is 1. The summed E-state index contributed by atoms with van der Waals surface area (Å²) in [5, 5.41) is 0. The maximum absolute atomic E-state index is 12.6. The predicted molar refractivity (Wildman–Crippen MR) is 90.3 cm³/mol. The minimum absolute atomic E-state index is 0.192. The first-order valence-corrected chi connectivity index (χ1v) is 8.10. The van der Waals surface area contributed by atoms with Crippen LogP contribution in [0.3, 0.4) is 0 Å². The van der Waals surface area contributed by atoms with Crippen molar-refractivity contribution in [2.45, 2.75) is 27.2 Å². The zero-order valence-corrected chi connectivity index (χ0v) is 14.3. The lowest BCUT2D eigenvalue weighted by Crippen LogP contribution is -2.53. The van der Waals surface area contributed by atoms with Crippen LogP contribution in [0.15, 0.2) is 24.3 Å². The molecule has 0 unspecified atom stereocenters. The zero-order chi connectivity index (χ0) is 16.2. The Bertz CT molecular complexity index is 506. The molecule has 1 saturated heterocycles. The normalized spacial score (nSPS) is 16.0. The van der Waals surface area contributed by atoms with Gasteiger partial charge in [-0.25, -0.2) is 0 Å². The number of hydrogen-bond acceptors (Lipinski definition) is 3. The van der Waals surface area contributed by atoms with Crippen LogP contribution in [0.1, 0.15) is 26.3 Å². The fourth-order valence-electron chi connectivity index (χ4n) is 3.12. The number of anilines is 1. The smallest absolute Gasteiger partial charge is 0.230 e. The van der Waals surface area contributed by atoms with E-state index in [-0.39, 0.29) is 5.91 Å².